The van der Waals surface area contributed by atoms with Crippen LogP contribution in [0.25, 0.3) is 0 Å². The van der Waals surface area contributed by atoms with E-state index in [1.807, 2.05) is 30.3 Å². The van der Waals surface area contributed by atoms with Gasteiger partial charge in [-0.25, -0.2) is 0 Å². The van der Waals surface area contributed by atoms with Gasteiger partial charge in [0.05, 0.1) is 0 Å². The maximum Gasteiger partial charge on any atom is 0.242 e. The first kappa shape index (κ1) is 14.4. The Kier molecular flexibility index (Phi) is 5.26. The van der Waals surface area contributed by atoms with Crippen LogP contribution in [0.1, 0.15) is 43.5 Å². The molecule has 1 amide bonds. The fourth-order valence-electron chi connectivity index (χ4n) is 2.79. The normalized spacial score (nSPS) is 24.7. The first-order chi connectivity index (χ1) is 9.18. The maximum absolute atomic E-state index is 12.0. The molecule has 1 aliphatic carbocycles. The van der Waals surface area contributed by atoms with E-state index >= 15 is 0 Å². The van der Waals surface area contributed by atoms with Gasteiger partial charge in [0.1, 0.15) is 5.38 Å². The zero-order chi connectivity index (χ0) is 13.7. The Morgan fingerprint density at radius 1 is 1.32 bits per heavy atom. The highest BCUT2D eigenvalue weighted by atomic mass is 35.5. The molecule has 0 aliphatic heterocycles. The largest absolute Gasteiger partial charge is 0.354 e. The summed E-state index contributed by atoms with van der Waals surface area (Å²) in [4.78, 5) is 12.0. The van der Waals surface area contributed by atoms with E-state index in [9.17, 15) is 4.79 Å². The predicted octanol–water partition coefficient (Wildman–Crippen LogP) is 3.91. The average molecular weight is 280 g/mol. The minimum absolute atomic E-state index is 0.0781. The van der Waals surface area contributed by atoms with Crippen molar-refractivity contribution in [2.45, 2.75) is 38.0 Å². The highest BCUT2D eigenvalue weighted by Crippen LogP contribution is 2.29. The van der Waals surface area contributed by atoms with Crippen LogP contribution in [0.15, 0.2) is 30.3 Å². The molecule has 0 saturated heterocycles. The molecule has 3 heteroatoms. The second kappa shape index (κ2) is 6.95. The monoisotopic (exact) mass is 279 g/mol. The number of carbonyl (C=O) groups excluding carboxylic acids is 1. The van der Waals surface area contributed by atoms with Crippen molar-refractivity contribution in [1.82, 2.24) is 5.32 Å². The van der Waals surface area contributed by atoms with Gasteiger partial charge in [-0.05, 0) is 23.8 Å². The van der Waals surface area contributed by atoms with Gasteiger partial charge in [-0.15, -0.1) is 11.6 Å². The summed E-state index contributed by atoms with van der Waals surface area (Å²) in [6.45, 7) is 3.04. The Balaban J connectivity index is 1.84. The molecule has 1 fully saturated rings. The molecule has 1 aromatic carbocycles. The maximum atomic E-state index is 12.0. The molecule has 1 saturated carbocycles. The predicted molar refractivity (Wildman–Crippen MR) is 79.2 cm³/mol. The summed E-state index contributed by atoms with van der Waals surface area (Å²) in [6, 6.07) is 9.51. The van der Waals surface area contributed by atoms with Crippen molar-refractivity contribution in [3.63, 3.8) is 0 Å². The summed E-state index contributed by atoms with van der Waals surface area (Å²) < 4.78 is 0. The van der Waals surface area contributed by atoms with Gasteiger partial charge < -0.3 is 5.32 Å². The van der Waals surface area contributed by atoms with Crippen LogP contribution in [0.3, 0.4) is 0 Å². The van der Waals surface area contributed by atoms with Crippen LogP contribution in [-0.2, 0) is 4.79 Å². The van der Waals surface area contributed by atoms with E-state index in [0.717, 1.165) is 12.1 Å². The number of hydrogen-bond donors (Lipinski definition) is 1. The SMILES string of the molecule is CC1CCCCC1CNC(=O)C(Cl)c1ccccc1. The number of halogens is 1. The Morgan fingerprint density at radius 2 is 2.00 bits per heavy atom. The van der Waals surface area contributed by atoms with Gasteiger partial charge in [0, 0.05) is 6.54 Å². The molecule has 0 aromatic heterocycles. The molecule has 3 unspecified atom stereocenters. The van der Waals surface area contributed by atoms with Gasteiger partial charge in [-0.1, -0.05) is 56.5 Å². The highest BCUT2D eigenvalue weighted by Gasteiger charge is 2.23. The second-order valence-electron chi connectivity index (χ2n) is 5.54. The van der Waals surface area contributed by atoms with E-state index in [1.165, 1.54) is 25.7 Å². The second-order valence-corrected chi connectivity index (χ2v) is 5.98. The van der Waals surface area contributed by atoms with Crippen molar-refractivity contribution in [2.24, 2.45) is 11.8 Å². The van der Waals surface area contributed by atoms with Crippen molar-refractivity contribution in [3.05, 3.63) is 35.9 Å². The minimum Gasteiger partial charge on any atom is -0.354 e. The number of rotatable bonds is 4. The van der Waals surface area contributed by atoms with E-state index in [4.69, 9.17) is 11.6 Å². The molecule has 1 N–H and O–H groups in total. The molecule has 1 aliphatic rings. The van der Waals surface area contributed by atoms with E-state index < -0.39 is 5.38 Å². The molecule has 0 radical (unpaired) electrons. The van der Waals surface area contributed by atoms with Crippen LogP contribution in [0.4, 0.5) is 0 Å². The van der Waals surface area contributed by atoms with E-state index in [1.54, 1.807) is 0 Å². The number of nitrogens with one attached hydrogen (secondary N) is 1. The number of carbonyl (C=O) groups is 1. The molecule has 3 atom stereocenters. The zero-order valence-corrected chi connectivity index (χ0v) is 12.2. The van der Waals surface area contributed by atoms with Gasteiger partial charge in [0.15, 0.2) is 0 Å². The smallest absolute Gasteiger partial charge is 0.242 e. The van der Waals surface area contributed by atoms with Crippen molar-refractivity contribution >= 4 is 17.5 Å². The molecular weight excluding hydrogens is 258 g/mol. The van der Waals surface area contributed by atoms with E-state index in [0.29, 0.717) is 11.8 Å². The zero-order valence-electron chi connectivity index (χ0n) is 11.4. The third-order valence-corrected chi connectivity index (χ3v) is 4.60. The van der Waals surface area contributed by atoms with Crippen LogP contribution < -0.4 is 5.32 Å². The number of benzene rings is 1. The fraction of sp³-hybridized carbons (Fsp3) is 0.562. The fourth-order valence-corrected chi connectivity index (χ4v) is 3.01. The number of hydrogen-bond acceptors (Lipinski definition) is 1. The lowest BCUT2D eigenvalue weighted by atomic mass is 9.80. The van der Waals surface area contributed by atoms with Crippen molar-refractivity contribution in [3.8, 4) is 0 Å². The Bertz CT molecular complexity index is 406. The summed E-state index contributed by atoms with van der Waals surface area (Å²) in [7, 11) is 0. The lowest BCUT2D eigenvalue weighted by Crippen LogP contribution is -2.35. The summed E-state index contributed by atoms with van der Waals surface area (Å²) in [6.07, 6.45) is 5.12. The van der Waals surface area contributed by atoms with Gasteiger partial charge in [0.2, 0.25) is 5.91 Å². The molecule has 0 heterocycles. The Hall–Kier alpha value is -1.02. The van der Waals surface area contributed by atoms with Crippen LogP contribution in [0.5, 0.6) is 0 Å². The quantitative estimate of drug-likeness (QED) is 0.832. The average Bonchev–Trinajstić information content (AvgIpc) is 2.46. The van der Waals surface area contributed by atoms with Gasteiger partial charge >= 0.3 is 0 Å². The Labute approximate surface area is 120 Å². The highest BCUT2D eigenvalue weighted by molar-refractivity contribution is 6.30. The van der Waals surface area contributed by atoms with Crippen LogP contribution in [0.2, 0.25) is 0 Å². The first-order valence-electron chi connectivity index (χ1n) is 7.15. The van der Waals surface area contributed by atoms with Crippen LogP contribution >= 0.6 is 11.6 Å². The topological polar surface area (TPSA) is 29.1 Å². The molecule has 0 spiro atoms. The van der Waals surface area contributed by atoms with Gasteiger partial charge in [-0.2, -0.15) is 0 Å². The number of amides is 1. The minimum atomic E-state index is -0.583. The Morgan fingerprint density at radius 3 is 2.68 bits per heavy atom. The van der Waals surface area contributed by atoms with E-state index in [2.05, 4.69) is 12.2 Å². The van der Waals surface area contributed by atoms with Crippen molar-refractivity contribution < 1.29 is 4.79 Å². The van der Waals surface area contributed by atoms with Crippen LogP contribution in [-0.4, -0.2) is 12.5 Å². The van der Waals surface area contributed by atoms with Crippen LogP contribution in [0, 0.1) is 11.8 Å². The number of alkyl halides is 1. The van der Waals surface area contributed by atoms with Crippen molar-refractivity contribution in [2.75, 3.05) is 6.54 Å². The summed E-state index contributed by atoms with van der Waals surface area (Å²) in [5.74, 6) is 1.24. The first-order valence-corrected chi connectivity index (χ1v) is 7.59. The molecule has 104 valence electrons. The molecule has 19 heavy (non-hydrogen) atoms. The third kappa shape index (κ3) is 3.97. The van der Waals surface area contributed by atoms with Gasteiger partial charge in [-0.3, -0.25) is 4.79 Å². The lowest BCUT2D eigenvalue weighted by molar-refractivity contribution is -0.121. The van der Waals surface area contributed by atoms with Gasteiger partial charge in [0.25, 0.3) is 0 Å². The lowest BCUT2D eigenvalue weighted by Gasteiger charge is -2.29. The molecule has 2 nitrogen and oxygen atoms in total. The van der Waals surface area contributed by atoms with E-state index in [-0.39, 0.29) is 5.91 Å². The summed E-state index contributed by atoms with van der Waals surface area (Å²) >= 11 is 6.20. The van der Waals surface area contributed by atoms with Crippen molar-refractivity contribution in [1.29, 1.82) is 0 Å². The molecule has 1 aromatic rings. The summed E-state index contributed by atoms with van der Waals surface area (Å²) in [5, 5.41) is 2.43. The summed E-state index contributed by atoms with van der Waals surface area (Å²) in [5.41, 5.74) is 0.860. The third-order valence-electron chi connectivity index (χ3n) is 4.15. The molecule has 2 rings (SSSR count). The standard InChI is InChI=1S/C16H22ClNO/c1-12-7-5-6-10-14(12)11-18-16(19)15(17)13-8-3-2-4-9-13/h2-4,8-9,12,14-15H,5-7,10-11H2,1H3,(H,18,19). The molecule has 0 bridgehead atoms. The molecular formula is C16H22ClNO.